The molecule has 0 aromatic carbocycles. The molecule has 0 fully saturated rings. The third-order valence-electron chi connectivity index (χ3n) is 1.63. The van der Waals surface area contributed by atoms with E-state index in [-0.39, 0.29) is 10.8 Å². The minimum Gasteiger partial charge on any atom is -0.307 e. The molecule has 84 valence electrons. The second-order valence-electron chi connectivity index (χ2n) is 2.64. The number of hydrogen-bond donors (Lipinski definition) is 2. The molecular formula is C7H6ClF4N3. The molecule has 3 nitrogen and oxygen atoms in total. The second kappa shape index (κ2) is 4.19. The Kier molecular flexibility index (Phi) is 3.35. The van der Waals surface area contributed by atoms with Crippen LogP contribution in [-0.2, 0) is 5.92 Å². The monoisotopic (exact) mass is 243 g/mol. The van der Waals surface area contributed by atoms with E-state index in [0.717, 1.165) is 0 Å². The van der Waals surface area contributed by atoms with Crippen molar-refractivity contribution in [3.63, 3.8) is 0 Å². The number of nitrogens with zero attached hydrogens (tertiary/aromatic N) is 1. The Balaban J connectivity index is 3.28. The molecule has 0 atom stereocenters. The largest absolute Gasteiger partial charge is 0.307 e. The van der Waals surface area contributed by atoms with Crippen molar-refractivity contribution in [1.29, 1.82) is 0 Å². The van der Waals surface area contributed by atoms with Crippen LogP contribution in [0.5, 0.6) is 0 Å². The lowest BCUT2D eigenvalue weighted by atomic mass is 10.1. The van der Waals surface area contributed by atoms with E-state index in [0.29, 0.717) is 6.07 Å². The van der Waals surface area contributed by atoms with E-state index in [1.165, 1.54) is 0 Å². The summed E-state index contributed by atoms with van der Waals surface area (Å²) in [7, 11) is 0. The zero-order chi connectivity index (χ0) is 11.6. The first-order valence-electron chi connectivity index (χ1n) is 3.69. The lowest BCUT2D eigenvalue weighted by molar-refractivity contribution is -0.0317. The van der Waals surface area contributed by atoms with E-state index in [1.807, 2.05) is 5.43 Å². The molecule has 0 radical (unpaired) electrons. The summed E-state index contributed by atoms with van der Waals surface area (Å²) >= 11 is 5.44. The van der Waals surface area contributed by atoms with E-state index in [9.17, 15) is 17.6 Å². The van der Waals surface area contributed by atoms with Gasteiger partial charge in [-0.3, -0.25) is 0 Å². The number of anilines is 1. The van der Waals surface area contributed by atoms with Gasteiger partial charge >= 0.3 is 5.92 Å². The van der Waals surface area contributed by atoms with Gasteiger partial charge in [0, 0.05) is 0 Å². The van der Waals surface area contributed by atoms with Gasteiger partial charge in [0.1, 0.15) is 0 Å². The number of hydrogen-bond acceptors (Lipinski definition) is 3. The summed E-state index contributed by atoms with van der Waals surface area (Å²) in [6.45, 7) is -2.03. The molecule has 0 amide bonds. The van der Waals surface area contributed by atoms with Crippen molar-refractivity contribution in [3.8, 4) is 0 Å². The minimum absolute atomic E-state index is 0.299. The van der Waals surface area contributed by atoms with E-state index >= 15 is 0 Å². The Morgan fingerprint density at radius 2 is 2.13 bits per heavy atom. The van der Waals surface area contributed by atoms with Crippen LogP contribution in [0.3, 0.4) is 0 Å². The van der Waals surface area contributed by atoms with E-state index in [4.69, 9.17) is 17.4 Å². The van der Waals surface area contributed by atoms with Crippen LogP contribution in [0.25, 0.3) is 0 Å². The zero-order valence-electron chi connectivity index (χ0n) is 7.20. The van der Waals surface area contributed by atoms with Gasteiger partial charge in [0.05, 0.1) is 10.6 Å². The zero-order valence-corrected chi connectivity index (χ0v) is 7.95. The second-order valence-corrected chi connectivity index (χ2v) is 3.05. The fourth-order valence-electron chi connectivity index (χ4n) is 0.896. The molecular weight excluding hydrogens is 238 g/mol. The van der Waals surface area contributed by atoms with Gasteiger partial charge in [0.2, 0.25) is 5.95 Å². The maximum atomic E-state index is 13.0. The first kappa shape index (κ1) is 12.0. The number of aromatic nitrogens is 1. The van der Waals surface area contributed by atoms with Gasteiger partial charge in [-0.25, -0.2) is 10.2 Å². The molecule has 0 unspecified atom stereocenters. The molecule has 1 rings (SSSR count). The van der Waals surface area contributed by atoms with Gasteiger partial charge in [0.25, 0.3) is 0 Å². The van der Waals surface area contributed by atoms with E-state index < -0.39 is 24.1 Å². The van der Waals surface area contributed by atoms with Crippen LogP contribution in [0, 0.1) is 5.95 Å². The molecule has 8 heteroatoms. The van der Waals surface area contributed by atoms with Crippen LogP contribution in [0.4, 0.5) is 23.4 Å². The highest BCUT2D eigenvalue weighted by Crippen LogP contribution is 2.33. The van der Waals surface area contributed by atoms with Gasteiger partial charge in [-0.2, -0.15) is 18.2 Å². The van der Waals surface area contributed by atoms with Gasteiger partial charge in [0.15, 0.2) is 12.5 Å². The van der Waals surface area contributed by atoms with Crippen LogP contribution in [0.2, 0.25) is 5.02 Å². The molecule has 3 N–H and O–H groups in total. The Labute approximate surface area is 87.2 Å². The van der Waals surface area contributed by atoms with Crippen LogP contribution < -0.4 is 11.3 Å². The van der Waals surface area contributed by atoms with Gasteiger partial charge in [-0.15, -0.1) is 0 Å². The summed E-state index contributed by atoms with van der Waals surface area (Å²) in [4.78, 5) is 3.02. The molecule has 15 heavy (non-hydrogen) atoms. The lowest BCUT2D eigenvalue weighted by Crippen LogP contribution is -2.20. The molecule has 0 aliphatic carbocycles. The SMILES string of the molecule is NNc1nc(F)c(C(F)(F)CF)cc1Cl. The molecule has 0 saturated heterocycles. The summed E-state index contributed by atoms with van der Waals surface area (Å²) in [5, 5.41) is -0.318. The number of halogens is 5. The summed E-state index contributed by atoms with van der Waals surface area (Å²) in [5.74, 6) is -0.882. The Morgan fingerprint density at radius 3 is 2.60 bits per heavy atom. The van der Waals surface area contributed by atoms with E-state index in [1.54, 1.807) is 0 Å². The minimum atomic E-state index is -3.95. The molecule has 1 aromatic rings. The number of nitrogens with one attached hydrogen (secondary N) is 1. The molecule has 1 heterocycles. The number of pyridine rings is 1. The van der Waals surface area contributed by atoms with Crippen molar-refractivity contribution in [2.24, 2.45) is 5.84 Å². The number of nitrogen functional groups attached to an aromatic ring is 1. The van der Waals surface area contributed by atoms with Crippen LogP contribution in [-0.4, -0.2) is 11.7 Å². The highest BCUT2D eigenvalue weighted by Gasteiger charge is 2.36. The molecule has 0 bridgehead atoms. The van der Waals surface area contributed by atoms with Gasteiger partial charge in [-0.1, -0.05) is 11.6 Å². The van der Waals surface area contributed by atoms with Crippen molar-refractivity contribution in [2.75, 3.05) is 12.1 Å². The fraction of sp³-hybridized carbons (Fsp3) is 0.286. The first-order chi connectivity index (χ1) is 6.92. The topological polar surface area (TPSA) is 50.9 Å². The Morgan fingerprint density at radius 1 is 1.53 bits per heavy atom. The van der Waals surface area contributed by atoms with Gasteiger partial charge in [-0.05, 0) is 6.07 Å². The smallest absolute Gasteiger partial charge is 0.305 e. The van der Waals surface area contributed by atoms with E-state index in [2.05, 4.69) is 4.98 Å². The van der Waals surface area contributed by atoms with Crippen LogP contribution in [0.1, 0.15) is 5.56 Å². The molecule has 0 spiro atoms. The maximum Gasteiger partial charge on any atom is 0.305 e. The molecule has 0 saturated carbocycles. The fourth-order valence-corrected chi connectivity index (χ4v) is 1.10. The van der Waals surface area contributed by atoms with Crippen LogP contribution >= 0.6 is 11.6 Å². The van der Waals surface area contributed by atoms with Gasteiger partial charge < -0.3 is 5.43 Å². The normalized spacial score (nSPS) is 11.6. The maximum absolute atomic E-state index is 13.0. The quantitative estimate of drug-likeness (QED) is 0.370. The highest BCUT2D eigenvalue weighted by atomic mass is 35.5. The van der Waals surface area contributed by atoms with Crippen molar-refractivity contribution >= 4 is 17.4 Å². The predicted molar refractivity (Wildman–Crippen MR) is 46.9 cm³/mol. The third-order valence-corrected chi connectivity index (χ3v) is 1.92. The molecule has 0 aliphatic heterocycles. The Hall–Kier alpha value is -1.08. The van der Waals surface area contributed by atoms with Crippen molar-refractivity contribution in [2.45, 2.75) is 5.92 Å². The summed E-state index contributed by atoms with van der Waals surface area (Å²) in [5.41, 5.74) is 0.711. The molecule has 0 aliphatic rings. The Bertz CT molecular complexity index is 371. The van der Waals surface area contributed by atoms with Crippen molar-refractivity contribution < 1.29 is 17.6 Å². The number of alkyl halides is 3. The lowest BCUT2D eigenvalue weighted by Gasteiger charge is -2.14. The van der Waals surface area contributed by atoms with Crippen LogP contribution in [0.15, 0.2) is 6.07 Å². The third kappa shape index (κ3) is 2.29. The number of rotatable bonds is 3. The van der Waals surface area contributed by atoms with Crippen molar-refractivity contribution in [3.05, 3.63) is 22.6 Å². The van der Waals surface area contributed by atoms with Crippen molar-refractivity contribution in [1.82, 2.24) is 4.98 Å². The summed E-state index contributed by atoms with van der Waals surface area (Å²) < 4.78 is 50.5. The standard InChI is InChI=1S/C7H6ClF4N3/c8-4-1-3(7(11,12)2-9)5(10)14-6(4)15-13/h1H,2,13H2,(H,14,15). The average molecular weight is 244 g/mol. The predicted octanol–water partition coefficient (Wildman–Crippen LogP) is 2.22. The average Bonchev–Trinajstić information content (AvgIpc) is 2.20. The number of nitrogens with two attached hydrogens (primary N) is 1. The first-order valence-corrected chi connectivity index (χ1v) is 4.07. The summed E-state index contributed by atoms with van der Waals surface area (Å²) in [6, 6.07) is 0.582. The molecule has 1 aromatic heterocycles. The highest BCUT2D eigenvalue weighted by molar-refractivity contribution is 6.32. The summed E-state index contributed by atoms with van der Waals surface area (Å²) in [6.07, 6.45) is 0. The number of hydrazine groups is 1.